The van der Waals surface area contributed by atoms with E-state index in [0.717, 1.165) is 56.4 Å². The van der Waals surface area contributed by atoms with Crippen LogP contribution >= 0.6 is 0 Å². The van der Waals surface area contributed by atoms with Crippen molar-refractivity contribution < 1.29 is 14.1 Å². The van der Waals surface area contributed by atoms with Crippen molar-refractivity contribution in [2.45, 2.75) is 57.9 Å². The van der Waals surface area contributed by atoms with Gasteiger partial charge >= 0.3 is 0 Å². The van der Waals surface area contributed by atoms with E-state index in [1.54, 1.807) is 7.11 Å². The fourth-order valence-corrected chi connectivity index (χ4v) is 3.38. The molecule has 0 bridgehead atoms. The molecule has 0 saturated carbocycles. The minimum atomic E-state index is -0.0997. The average molecular weight is 357 g/mol. The minimum Gasteiger partial charge on any atom is -0.497 e. The van der Waals surface area contributed by atoms with Crippen LogP contribution in [0.15, 0.2) is 28.8 Å². The Morgan fingerprint density at radius 3 is 2.81 bits per heavy atom. The predicted octanol–water partition coefficient (Wildman–Crippen LogP) is 4.38. The molecule has 0 spiro atoms. The molecule has 0 radical (unpaired) electrons. The fourth-order valence-electron chi connectivity index (χ4n) is 3.38. The molecule has 1 saturated heterocycles. The number of piperidine rings is 1. The molecule has 2 heterocycles. The topological polar surface area (TPSA) is 68.5 Å². The molecule has 1 aromatic carbocycles. The lowest BCUT2D eigenvalue weighted by molar-refractivity contribution is -0.135. The molecular formula is C20H27N3O3. The molecule has 0 N–H and O–H groups in total. The van der Waals surface area contributed by atoms with E-state index in [4.69, 9.17) is 9.26 Å². The van der Waals surface area contributed by atoms with Gasteiger partial charge in [0.2, 0.25) is 17.6 Å². The van der Waals surface area contributed by atoms with E-state index in [1.807, 2.05) is 29.2 Å². The first-order chi connectivity index (χ1) is 12.7. The molecule has 1 aromatic heterocycles. The Kier molecular flexibility index (Phi) is 6.26. The average Bonchev–Trinajstić information content (AvgIpc) is 3.18. The number of nitrogens with zero attached hydrogens (tertiary/aromatic N) is 3. The number of ether oxygens (including phenoxy) is 1. The third-order valence-electron chi connectivity index (χ3n) is 4.89. The zero-order valence-corrected chi connectivity index (χ0v) is 15.6. The summed E-state index contributed by atoms with van der Waals surface area (Å²) in [7, 11) is 1.64. The van der Waals surface area contributed by atoms with Gasteiger partial charge < -0.3 is 14.2 Å². The molecule has 6 heteroatoms. The van der Waals surface area contributed by atoms with Crippen LogP contribution < -0.4 is 4.74 Å². The highest BCUT2D eigenvalue weighted by atomic mass is 16.5. The molecular weight excluding hydrogens is 330 g/mol. The van der Waals surface area contributed by atoms with Gasteiger partial charge in [0.1, 0.15) is 11.8 Å². The number of methoxy groups -OCH3 is 1. The summed E-state index contributed by atoms with van der Waals surface area (Å²) in [6.07, 6.45) is 6.74. The molecule has 3 rings (SSSR count). The van der Waals surface area contributed by atoms with Crippen LogP contribution in [-0.2, 0) is 4.79 Å². The Balaban J connectivity index is 1.73. The largest absolute Gasteiger partial charge is 0.497 e. The maximum absolute atomic E-state index is 12.6. The van der Waals surface area contributed by atoms with Crippen molar-refractivity contribution in [3.8, 4) is 17.1 Å². The lowest BCUT2D eigenvalue weighted by Gasteiger charge is -2.33. The summed E-state index contributed by atoms with van der Waals surface area (Å²) in [6, 6.07) is 7.45. The number of hydrogen-bond donors (Lipinski definition) is 0. The van der Waals surface area contributed by atoms with Crippen LogP contribution in [0.4, 0.5) is 0 Å². The number of likely N-dealkylation sites (tertiary alicyclic amines) is 1. The summed E-state index contributed by atoms with van der Waals surface area (Å²) in [5.74, 6) is 2.08. The van der Waals surface area contributed by atoms with Crippen LogP contribution in [0.5, 0.6) is 5.75 Å². The van der Waals surface area contributed by atoms with Gasteiger partial charge in [-0.2, -0.15) is 4.98 Å². The number of amides is 1. The maximum Gasteiger partial charge on any atom is 0.249 e. The number of benzene rings is 1. The van der Waals surface area contributed by atoms with Crippen molar-refractivity contribution in [2.24, 2.45) is 0 Å². The van der Waals surface area contributed by atoms with Gasteiger partial charge in [0.15, 0.2) is 0 Å². The van der Waals surface area contributed by atoms with Crippen molar-refractivity contribution in [3.63, 3.8) is 0 Å². The Labute approximate surface area is 154 Å². The highest BCUT2D eigenvalue weighted by molar-refractivity contribution is 5.76. The van der Waals surface area contributed by atoms with E-state index in [-0.39, 0.29) is 11.9 Å². The Hall–Kier alpha value is -2.37. The zero-order valence-electron chi connectivity index (χ0n) is 15.6. The van der Waals surface area contributed by atoms with Crippen LogP contribution in [-0.4, -0.2) is 34.6 Å². The van der Waals surface area contributed by atoms with Crippen LogP contribution in [0.3, 0.4) is 0 Å². The summed E-state index contributed by atoms with van der Waals surface area (Å²) in [6.45, 7) is 2.92. The van der Waals surface area contributed by atoms with Crippen LogP contribution in [0, 0.1) is 0 Å². The van der Waals surface area contributed by atoms with E-state index >= 15 is 0 Å². The molecule has 1 atom stereocenters. The quantitative estimate of drug-likeness (QED) is 0.688. The molecule has 6 nitrogen and oxygen atoms in total. The molecule has 1 fully saturated rings. The standard InChI is InChI=1S/C20H27N3O3/c1-3-4-5-9-18(24)23-14-7-6-8-17(23)20-21-19(22-26-20)15-10-12-16(25-2)13-11-15/h10-13,17H,3-9,14H2,1-2H3/t17-/m1/s1. The molecule has 1 aliphatic heterocycles. The third-order valence-corrected chi connectivity index (χ3v) is 4.89. The first-order valence-electron chi connectivity index (χ1n) is 9.50. The van der Waals surface area contributed by atoms with Crippen molar-refractivity contribution in [1.29, 1.82) is 0 Å². The first-order valence-corrected chi connectivity index (χ1v) is 9.50. The van der Waals surface area contributed by atoms with Crippen LogP contribution in [0.1, 0.15) is 63.8 Å². The van der Waals surface area contributed by atoms with Gasteiger partial charge in [-0.15, -0.1) is 0 Å². The molecule has 0 aliphatic carbocycles. The van der Waals surface area contributed by atoms with E-state index in [2.05, 4.69) is 17.1 Å². The third kappa shape index (κ3) is 4.23. The van der Waals surface area contributed by atoms with E-state index < -0.39 is 0 Å². The Bertz CT molecular complexity index is 711. The van der Waals surface area contributed by atoms with Crippen molar-refractivity contribution >= 4 is 5.91 Å². The smallest absolute Gasteiger partial charge is 0.249 e. The highest BCUT2D eigenvalue weighted by Crippen LogP contribution is 2.32. The van der Waals surface area contributed by atoms with Crippen molar-refractivity contribution in [1.82, 2.24) is 15.0 Å². The van der Waals surface area contributed by atoms with Gasteiger partial charge in [-0.25, -0.2) is 0 Å². The number of aromatic nitrogens is 2. The molecule has 140 valence electrons. The number of unbranched alkanes of at least 4 members (excludes halogenated alkanes) is 2. The molecule has 2 aromatic rings. The van der Waals surface area contributed by atoms with Crippen molar-refractivity contribution in [3.05, 3.63) is 30.2 Å². The summed E-state index contributed by atoms with van der Waals surface area (Å²) < 4.78 is 10.7. The SMILES string of the molecule is CCCCCC(=O)N1CCCC[C@@H]1c1nc(-c2ccc(OC)cc2)no1. The molecule has 0 unspecified atom stereocenters. The fraction of sp³-hybridized carbons (Fsp3) is 0.550. The molecule has 26 heavy (non-hydrogen) atoms. The summed E-state index contributed by atoms with van der Waals surface area (Å²) in [5, 5.41) is 4.12. The van der Waals surface area contributed by atoms with Gasteiger partial charge in [-0.1, -0.05) is 24.9 Å². The monoisotopic (exact) mass is 357 g/mol. The first kappa shape index (κ1) is 18.4. The lowest BCUT2D eigenvalue weighted by atomic mass is 10.0. The van der Waals surface area contributed by atoms with E-state index in [9.17, 15) is 4.79 Å². The van der Waals surface area contributed by atoms with Gasteiger partial charge in [-0.3, -0.25) is 4.79 Å². The summed E-state index contributed by atoms with van der Waals surface area (Å²) in [4.78, 5) is 19.1. The number of carbonyl (C=O) groups is 1. The Morgan fingerprint density at radius 1 is 1.27 bits per heavy atom. The number of hydrogen-bond acceptors (Lipinski definition) is 5. The van der Waals surface area contributed by atoms with E-state index in [0.29, 0.717) is 18.1 Å². The highest BCUT2D eigenvalue weighted by Gasteiger charge is 2.31. The van der Waals surface area contributed by atoms with Gasteiger partial charge in [0, 0.05) is 18.5 Å². The second-order valence-corrected chi connectivity index (χ2v) is 6.74. The van der Waals surface area contributed by atoms with Gasteiger partial charge in [0.25, 0.3) is 0 Å². The second kappa shape index (κ2) is 8.83. The zero-order chi connectivity index (χ0) is 18.4. The predicted molar refractivity (Wildman–Crippen MR) is 98.7 cm³/mol. The summed E-state index contributed by atoms with van der Waals surface area (Å²) in [5.41, 5.74) is 0.873. The molecule has 1 aliphatic rings. The van der Waals surface area contributed by atoms with Crippen LogP contribution in [0.2, 0.25) is 0 Å². The second-order valence-electron chi connectivity index (χ2n) is 6.74. The lowest BCUT2D eigenvalue weighted by Crippen LogP contribution is -2.38. The summed E-state index contributed by atoms with van der Waals surface area (Å²) >= 11 is 0. The number of carbonyl (C=O) groups excluding carboxylic acids is 1. The van der Waals surface area contributed by atoms with Gasteiger partial charge in [-0.05, 0) is 49.9 Å². The van der Waals surface area contributed by atoms with Crippen LogP contribution in [0.25, 0.3) is 11.4 Å². The molecule has 1 amide bonds. The Morgan fingerprint density at radius 2 is 2.08 bits per heavy atom. The van der Waals surface area contributed by atoms with Crippen molar-refractivity contribution in [2.75, 3.05) is 13.7 Å². The number of rotatable bonds is 7. The van der Waals surface area contributed by atoms with E-state index in [1.165, 1.54) is 0 Å². The maximum atomic E-state index is 12.6. The minimum absolute atomic E-state index is 0.0997. The normalized spacial score (nSPS) is 17.3. The van der Waals surface area contributed by atoms with Gasteiger partial charge in [0.05, 0.1) is 7.11 Å².